The van der Waals surface area contributed by atoms with E-state index in [1.807, 2.05) is 42.2 Å². The molecule has 1 amide bonds. The molecular weight excluding hydrogens is 396 g/mol. The smallest absolute Gasteiger partial charge is 0.244 e. The highest BCUT2D eigenvalue weighted by Crippen LogP contribution is 2.29. The van der Waals surface area contributed by atoms with Gasteiger partial charge in [0.05, 0.1) is 5.02 Å². The molecule has 1 aliphatic rings. The highest BCUT2D eigenvalue weighted by molar-refractivity contribution is 7.89. The Morgan fingerprint density at radius 2 is 1.68 bits per heavy atom. The minimum Gasteiger partial charge on any atom is -0.338 e. The van der Waals surface area contributed by atoms with E-state index in [0.29, 0.717) is 39.0 Å². The fourth-order valence-corrected chi connectivity index (χ4v) is 5.51. The molecule has 0 spiro atoms. The van der Waals surface area contributed by atoms with Crippen molar-refractivity contribution in [2.75, 3.05) is 19.6 Å². The topological polar surface area (TPSA) is 57.7 Å². The molecule has 1 aliphatic heterocycles. The fraction of sp³-hybridized carbons (Fsp3) is 0.381. The van der Waals surface area contributed by atoms with E-state index in [4.69, 9.17) is 11.6 Å². The maximum Gasteiger partial charge on any atom is 0.244 e. The number of sulfonamides is 1. The SMILES string of the molecule is CCN(Cc1ccccc1)C(=O)C1CCN(S(=O)(=O)c2ccccc2Cl)CC1. The van der Waals surface area contributed by atoms with E-state index in [0.717, 1.165) is 5.56 Å². The maximum absolute atomic E-state index is 13.0. The third kappa shape index (κ3) is 4.57. The van der Waals surface area contributed by atoms with Crippen LogP contribution in [0.15, 0.2) is 59.5 Å². The lowest BCUT2D eigenvalue weighted by Crippen LogP contribution is -2.44. The lowest BCUT2D eigenvalue weighted by molar-refractivity contribution is -0.137. The molecule has 0 radical (unpaired) electrons. The predicted molar refractivity (Wildman–Crippen MR) is 110 cm³/mol. The summed E-state index contributed by atoms with van der Waals surface area (Å²) >= 11 is 6.08. The molecule has 0 aliphatic carbocycles. The van der Waals surface area contributed by atoms with Crippen LogP contribution in [0.4, 0.5) is 0 Å². The lowest BCUT2D eigenvalue weighted by Gasteiger charge is -2.33. The average molecular weight is 421 g/mol. The number of carbonyl (C=O) groups is 1. The number of hydrogen-bond donors (Lipinski definition) is 0. The number of halogens is 1. The molecule has 1 heterocycles. The van der Waals surface area contributed by atoms with Crippen molar-refractivity contribution in [3.05, 3.63) is 65.2 Å². The van der Waals surface area contributed by atoms with E-state index in [2.05, 4.69) is 0 Å². The van der Waals surface area contributed by atoms with E-state index < -0.39 is 10.0 Å². The van der Waals surface area contributed by atoms with Gasteiger partial charge < -0.3 is 4.90 Å². The van der Waals surface area contributed by atoms with Crippen LogP contribution in [0.2, 0.25) is 5.02 Å². The molecule has 0 aromatic heterocycles. The summed E-state index contributed by atoms with van der Waals surface area (Å²) in [5.74, 6) is -0.0532. The van der Waals surface area contributed by atoms with Crippen LogP contribution in [-0.2, 0) is 21.4 Å². The van der Waals surface area contributed by atoms with E-state index in [-0.39, 0.29) is 21.7 Å². The zero-order chi connectivity index (χ0) is 20.1. The van der Waals surface area contributed by atoms with E-state index >= 15 is 0 Å². The van der Waals surface area contributed by atoms with Crippen LogP contribution >= 0.6 is 11.6 Å². The number of carbonyl (C=O) groups excluding carboxylic acids is 1. The van der Waals surface area contributed by atoms with Gasteiger partial charge in [0.2, 0.25) is 15.9 Å². The molecule has 2 aromatic rings. The first-order valence-electron chi connectivity index (χ1n) is 9.51. The monoisotopic (exact) mass is 420 g/mol. The van der Waals surface area contributed by atoms with E-state index in [9.17, 15) is 13.2 Å². The van der Waals surface area contributed by atoms with E-state index in [1.54, 1.807) is 18.2 Å². The zero-order valence-corrected chi connectivity index (χ0v) is 17.5. The van der Waals surface area contributed by atoms with Crippen molar-refractivity contribution >= 4 is 27.5 Å². The number of benzene rings is 2. The minimum atomic E-state index is -3.64. The second-order valence-corrected chi connectivity index (χ2v) is 9.26. The van der Waals surface area contributed by atoms with Gasteiger partial charge in [-0.25, -0.2) is 8.42 Å². The maximum atomic E-state index is 13.0. The summed E-state index contributed by atoms with van der Waals surface area (Å²) < 4.78 is 27.2. The molecule has 0 saturated carbocycles. The first kappa shape index (κ1) is 20.8. The van der Waals surface area contributed by atoms with Crippen molar-refractivity contribution in [3.63, 3.8) is 0 Å². The summed E-state index contributed by atoms with van der Waals surface area (Å²) in [6.45, 7) is 3.83. The van der Waals surface area contributed by atoms with Crippen molar-refractivity contribution in [3.8, 4) is 0 Å². The summed E-state index contributed by atoms with van der Waals surface area (Å²) in [6, 6.07) is 16.4. The van der Waals surface area contributed by atoms with Crippen LogP contribution in [0.25, 0.3) is 0 Å². The molecule has 7 heteroatoms. The predicted octanol–water partition coefficient (Wildman–Crippen LogP) is 3.79. The van der Waals surface area contributed by atoms with Gasteiger partial charge in [-0.15, -0.1) is 0 Å². The summed E-state index contributed by atoms with van der Waals surface area (Å²) in [6.07, 6.45) is 1.04. The van der Waals surface area contributed by atoms with Gasteiger partial charge in [0.25, 0.3) is 0 Å². The van der Waals surface area contributed by atoms with Crippen LogP contribution in [0.3, 0.4) is 0 Å². The lowest BCUT2D eigenvalue weighted by atomic mass is 9.96. The van der Waals surface area contributed by atoms with Crippen LogP contribution in [-0.4, -0.2) is 43.2 Å². The summed E-state index contributed by atoms with van der Waals surface area (Å²) in [4.78, 5) is 14.9. The number of rotatable bonds is 6. The first-order chi connectivity index (χ1) is 13.4. The van der Waals surface area contributed by atoms with Gasteiger partial charge in [-0.1, -0.05) is 54.1 Å². The molecule has 1 saturated heterocycles. The van der Waals surface area contributed by atoms with Crippen molar-refractivity contribution < 1.29 is 13.2 Å². The highest BCUT2D eigenvalue weighted by atomic mass is 35.5. The van der Waals surface area contributed by atoms with Crippen LogP contribution in [0.1, 0.15) is 25.3 Å². The van der Waals surface area contributed by atoms with Gasteiger partial charge in [0, 0.05) is 32.1 Å². The van der Waals surface area contributed by atoms with Crippen molar-refractivity contribution in [1.29, 1.82) is 0 Å². The number of hydrogen-bond acceptors (Lipinski definition) is 3. The molecule has 0 N–H and O–H groups in total. The summed E-state index contributed by atoms with van der Waals surface area (Å²) in [7, 11) is -3.64. The van der Waals surface area contributed by atoms with Gasteiger partial charge in [0.1, 0.15) is 4.90 Å². The van der Waals surface area contributed by atoms with Crippen LogP contribution in [0.5, 0.6) is 0 Å². The van der Waals surface area contributed by atoms with Crippen LogP contribution in [0, 0.1) is 5.92 Å². The Morgan fingerprint density at radius 3 is 2.29 bits per heavy atom. The molecule has 0 atom stereocenters. The Kier molecular flexibility index (Phi) is 6.75. The van der Waals surface area contributed by atoms with Crippen LogP contribution < -0.4 is 0 Å². The Labute approximate surface area is 172 Å². The van der Waals surface area contributed by atoms with Crippen molar-refractivity contribution in [1.82, 2.24) is 9.21 Å². The molecule has 5 nitrogen and oxygen atoms in total. The highest BCUT2D eigenvalue weighted by Gasteiger charge is 2.34. The third-order valence-corrected chi connectivity index (χ3v) is 7.57. The van der Waals surface area contributed by atoms with Crippen molar-refractivity contribution in [2.24, 2.45) is 5.92 Å². The Bertz CT molecular complexity index is 910. The largest absolute Gasteiger partial charge is 0.338 e. The summed E-state index contributed by atoms with van der Waals surface area (Å²) in [5, 5.41) is 0.223. The molecular formula is C21H25ClN2O3S. The Morgan fingerprint density at radius 1 is 1.07 bits per heavy atom. The second-order valence-electron chi connectivity index (χ2n) is 6.95. The summed E-state index contributed by atoms with van der Waals surface area (Å²) in [5.41, 5.74) is 1.09. The Balaban J connectivity index is 1.64. The second kappa shape index (κ2) is 9.07. The number of amides is 1. The van der Waals surface area contributed by atoms with Gasteiger partial charge in [-0.2, -0.15) is 4.31 Å². The molecule has 3 rings (SSSR count). The van der Waals surface area contributed by atoms with Gasteiger partial charge in [-0.3, -0.25) is 4.79 Å². The molecule has 0 bridgehead atoms. The normalized spacial score (nSPS) is 16.1. The van der Waals surface area contributed by atoms with E-state index in [1.165, 1.54) is 10.4 Å². The first-order valence-corrected chi connectivity index (χ1v) is 11.3. The average Bonchev–Trinajstić information content (AvgIpc) is 2.72. The number of piperidine rings is 1. The minimum absolute atomic E-state index is 0.0983. The quantitative estimate of drug-likeness (QED) is 0.714. The fourth-order valence-electron chi connectivity index (χ4n) is 3.54. The molecule has 2 aromatic carbocycles. The third-order valence-electron chi connectivity index (χ3n) is 5.17. The zero-order valence-electron chi connectivity index (χ0n) is 15.9. The number of nitrogens with zero attached hydrogens (tertiary/aromatic N) is 2. The Hall–Kier alpha value is -1.89. The van der Waals surface area contributed by atoms with Gasteiger partial charge in [-0.05, 0) is 37.5 Å². The van der Waals surface area contributed by atoms with Gasteiger partial charge in [0.15, 0.2) is 0 Å². The molecule has 1 fully saturated rings. The standard InChI is InChI=1S/C21H25ClN2O3S/c1-2-23(16-17-8-4-3-5-9-17)21(25)18-12-14-24(15-13-18)28(26,27)20-11-7-6-10-19(20)22/h3-11,18H,2,12-16H2,1H3. The molecule has 28 heavy (non-hydrogen) atoms. The molecule has 0 unspecified atom stereocenters. The molecule has 150 valence electrons. The van der Waals surface area contributed by atoms with Gasteiger partial charge >= 0.3 is 0 Å². The van der Waals surface area contributed by atoms with Crippen molar-refractivity contribution in [2.45, 2.75) is 31.2 Å².